The molecule has 0 saturated heterocycles. The molecule has 0 saturated carbocycles. The summed E-state index contributed by atoms with van der Waals surface area (Å²) in [5, 5.41) is 4.07. The highest BCUT2D eigenvalue weighted by atomic mass is 32.2. The van der Waals surface area contributed by atoms with Gasteiger partial charge in [-0.2, -0.15) is 11.8 Å². The molecular weight excluding hydrogens is 410 g/mol. The summed E-state index contributed by atoms with van der Waals surface area (Å²) >= 11 is 1.68. The van der Waals surface area contributed by atoms with Gasteiger partial charge in [-0.1, -0.05) is 12.1 Å². The summed E-state index contributed by atoms with van der Waals surface area (Å²) < 4.78 is 0. The summed E-state index contributed by atoms with van der Waals surface area (Å²) in [4.78, 5) is 40.0. The van der Waals surface area contributed by atoms with Crippen molar-refractivity contribution >= 4 is 28.6 Å². The van der Waals surface area contributed by atoms with Crippen molar-refractivity contribution in [2.45, 2.75) is 19.4 Å². The third kappa shape index (κ3) is 4.69. The van der Waals surface area contributed by atoms with Crippen molar-refractivity contribution in [3.8, 4) is 11.4 Å². The lowest BCUT2D eigenvalue weighted by molar-refractivity contribution is 0.0930. The van der Waals surface area contributed by atoms with Crippen LogP contribution in [0.2, 0.25) is 0 Å². The van der Waals surface area contributed by atoms with E-state index in [1.807, 2.05) is 43.5 Å². The number of H-pyrrole nitrogens is 2. The van der Waals surface area contributed by atoms with E-state index in [9.17, 15) is 9.59 Å². The number of fused-ring (bicyclic) bond motifs is 1. The van der Waals surface area contributed by atoms with Crippen molar-refractivity contribution < 1.29 is 4.79 Å². The van der Waals surface area contributed by atoms with Crippen LogP contribution in [0.4, 0.5) is 0 Å². The zero-order valence-corrected chi connectivity index (χ0v) is 18.1. The normalized spacial score (nSPS) is 12.1. The van der Waals surface area contributed by atoms with Crippen LogP contribution < -0.4 is 10.9 Å². The molecule has 3 N–H and O–H groups in total. The Hall–Kier alpha value is -3.39. The van der Waals surface area contributed by atoms with E-state index in [1.165, 1.54) is 6.07 Å². The smallest absolute Gasteiger partial charge is 0.268 e. The van der Waals surface area contributed by atoms with Gasteiger partial charge in [0.15, 0.2) is 0 Å². The first-order valence-corrected chi connectivity index (χ1v) is 11.3. The summed E-state index contributed by atoms with van der Waals surface area (Å²) in [6.07, 6.45) is 5.96. The van der Waals surface area contributed by atoms with Gasteiger partial charge in [-0.15, -0.1) is 0 Å². The minimum absolute atomic E-state index is 0.230. The fraction of sp³-hybridized carbons (Fsp3) is 0.217. The van der Waals surface area contributed by atoms with Crippen LogP contribution in [0.5, 0.6) is 0 Å². The highest BCUT2D eigenvalue weighted by molar-refractivity contribution is 7.98. The van der Waals surface area contributed by atoms with E-state index in [-0.39, 0.29) is 11.5 Å². The summed E-state index contributed by atoms with van der Waals surface area (Å²) in [6.45, 7) is 2.01. The molecule has 0 bridgehead atoms. The van der Waals surface area contributed by atoms with E-state index in [0.717, 1.165) is 22.2 Å². The number of hydrogen-bond acceptors (Lipinski definition) is 5. The first kappa shape index (κ1) is 20.9. The Labute approximate surface area is 183 Å². The number of aromatic nitrogens is 4. The lowest BCUT2D eigenvalue weighted by Gasteiger charge is -2.18. The molecule has 1 amide bonds. The number of carbonyl (C=O) groups is 1. The molecule has 0 spiro atoms. The Balaban J connectivity index is 1.65. The molecule has 3 heterocycles. The molecule has 1 aromatic carbocycles. The van der Waals surface area contributed by atoms with Gasteiger partial charge in [-0.25, -0.2) is 4.98 Å². The van der Waals surface area contributed by atoms with E-state index in [4.69, 9.17) is 0 Å². The van der Waals surface area contributed by atoms with Crippen LogP contribution in [0, 0.1) is 6.92 Å². The minimum Gasteiger partial charge on any atom is -0.351 e. The van der Waals surface area contributed by atoms with Gasteiger partial charge < -0.3 is 15.3 Å². The largest absolute Gasteiger partial charge is 0.351 e. The molecule has 0 unspecified atom stereocenters. The highest BCUT2D eigenvalue weighted by Crippen LogP contribution is 2.22. The monoisotopic (exact) mass is 433 g/mol. The predicted molar refractivity (Wildman–Crippen MR) is 124 cm³/mol. The molecule has 4 rings (SSSR count). The van der Waals surface area contributed by atoms with E-state index in [1.54, 1.807) is 30.2 Å². The number of aryl methyl sites for hydroxylation is 1. The van der Waals surface area contributed by atoms with Crippen molar-refractivity contribution in [1.82, 2.24) is 25.3 Å². The van der Waals surface area contributed by atoms with Gasteiger partial charge in [0.1, 0.15) is 11.5 Å². The number of amides is 1. The van der Waals surface area contributed by atoms with Crippen LogP contribution in [0.25, 0.3) is 22.3 Å². The number of nitrogens with one attached hydrogen (secondary N) is 3. The van der Waals surface area contributed by atoms with Gasteiger partial charge in [0, 0.05) is 34.9 Å². The first-order chi connectivity index (χ1) is 15.0. The van der Waals surface area contributed by atoms with E-state index in [2.05, 4.69) is 25.3 Å². The lowest BCUT2D eigenvalue weighted by atomic mass is 10.1. The zero-order valence-electron chi connectivity index (χ0n) is 17.3. The molecule has 1 atom stereocenters. The maximum Gasteiger partial charge on any atom is 0.268 e. The molecule has 3 aromatic heterocycles. The number of rotatable bonds is 7. The van der Waals surface area contributed by atoms with Gasteiger partial charge in [-0.3, -0.25) is 14.6 Å². The van der Waals surface area contributed by atoms with Gasteiger partial charge in [0.05, 0.1) is 11.7 Å². The molecule has 158 valence electrons. The van der Waals surface area contributed by atoms with Crippen molar-refractivity contribution in [2.24, 2.45) is 0 Å². The van der Waals surface area contributed by atoms with Gasteiger partial charge in [0.2, 0.25) is 0 Å². The average Bonchev–Trinajstić information content (AvgIpc) is 3.23. The summed E-state index contributed by atoms with van der Waals surface area (Å²) in [6, 6.07) is 12.4. The standard InChI is InChI=1S/C23H23N5O2S/c1-14-5-3-7-17-16(14)11-20(25-17)23(30)27-18(8-10-31-2)19-12-21(29)28-22(26-19)15-6-4-9-24-13-15/h3-7,9,11-13,18,25H,8,10H2,1-2H3,(H,27,30)(H,26,28,29)/t18-/m1/s1. The molecule has 4 aromatic rings. The molecule has 0 fully saturated rings. The maximum atomic E-state index is 13.0. The average molecular weight is 434 g/mol. The predicted octanol–water partition coefficient (Wildman–Crippen LogP) is 3.85. The summed E-state index contributed by atoms with van der Waals surface area (Å²) in [5.74, 6) is 1.01. The molecule has 31 heavy (non-hydrogen) atoms. The SMILES string of the molecule is CSCC[C@@H](NC(=O)c1cc2c(C)cccc2[nH]1)c1cc(=O)[nH]c(-c2cccnc2)n1. The van der Waals surface area contributed by atoms with Crippen molar-refractivity contribution in [2.75, 3.05) is 12.0 Å². The highest BCUT2D eigenvalue weighted by Gasteiger charge is 2.20. The molecule has 7 nitrogen and oxygen atoms in total. The molecule has 8 heteroatoms. The first-order valence-electron chi connectivity index (χ1n) is 9.95. The topological polar surface area (TPSA) is 104 Å². The lowest BCUT2D eigenvalue weighted by Crippen LogP contribution is -2.31. The fourth-order valence-electron chi connectivity index (χ4n) is 3.49. The van der Waals surface area contributed by atoms with E-state index >= 15 is 0 Å². The van der Waals surface area contributed by atoms with Crippen LogP contribution >= 0.6 is 11.8 Å². The third-order valence-corrected chi connectivity index (χ3v) is 5.74. The Kier molecular flexibility index (Phi) is 6.18. The van der Waals surface area contributed by atoms with E-state index < -0.39 is 6.04 Å². The van der Waals surface area contributed by atoms with Crippen LogP contribution in [-0.2, 0) is 0 Å². The molecule has 0 aliphatic heterocycles. The van der Waals surface area contributed by atoms with Gasteiger partial charge >= 0.3 is 0 Å². The number of nitrogens with zero attached hydrogens (tertiary/aromatic N) is 2. The molecular formula is C23H23N5O2S. The third-order valence-electron chi connectivity index (χ3n) is 5.10. The summed E-state index contributed by atoms with van der Waals surface area (Å²) in [7, 11) is 0. The number of aromatic amines is 2. The van der Waals surface area contributed by atoms with Crippen LogP contribution in [0.3, 0.4) is 0 Å². The fourth-order valence-corrected chi connectivity index (χ4v) is 3.96. The maximum absolute atomic E-state index is 13.0. The second-order valence-corrected chi connectivity index (χ2v) is 8.27. The van der Waals surface area contributed by atoms with Crippen LogP contribution in [0.1, 0.15) is 34.2 Å². The number of thioether (sulfide) groups is 1. The van der Waals surface area contributed by atoms with Gasteiger partial charge in [-0.05, 0) is 55.2 Å². The Morgan fingerprint density at radius 1 is 1.19 bits per heavy atom. The molecule has 0 aliphatic carbocycles. The van der Waals surface area contributed by atoms with Crippen LogP contribution in [-0.4, -0.2) is 37.9 Å². The summed E-state index contributed by atoms with van der Waals surface area (Å²) in [5.41, 5.74) is 3.46. The number of carbonyl (C=O) groups excluding carboxylic acids is 1. The van der Waals surface area contributed by atoms with Crippen molar-refractivity contribution in [1.29, 1.82) is 0 Å². The van der Waals surface area contributed by atoms with Crippen molar-refractivity contribution in [3.05, 3.63) is 82.2 Å². The Bertz CT molecular complexity index is 1270. The number of hydrogen-bond donors (Lipinski definition) is 3. The molecule has 0 aliphatic rings. The Morgan fingerprint density at radius 2 is 2.06 bits per heavy atom. The quantitative estimate of drug-likeness (QED) is 0.411. The second kappa shape index (κ2) is 9.18. The Morgan fingerprint density at radius 3 is 2.81 bits per heavy atom. The number of benzene rings is 1. The second-order valence-electron chi connectivity index (χ2n) is 7.29. The van der Waals surface area contributed by atoms with Crippen LogP contribution in [0.15, 0.2) is 59.7 Å². The van der Waals surface area contributed by atoms with E-state index in [0.29, 0.717) is 29.2 Å². The van der Waals surface area contributed by atoms with Crippen molar-refractivity contribution in [3.63, 3.8) is 0 Å². The van der Waals surface area contributed by atoms with Gasteiger partial charge in [0.25, 0.3) is 11.5 Å². The molecule has 0 radical (unpaired) electrons. The minimum atomic E-state index is -0.398. The number of pyridine rings is 1. The zero-order chi connectivity index (χ0) is 21.8.